The quantitative estimate of drug-likeness (QED) is 0.542. The van der Waals surface area contributed by atoms with E-state index in [1.807, 2.05) is 24.3 Å². The Morgan fingerprint density at radius 2 is 1.89 bits per heavy atom. The molecule has 0 atom stereocenters. The van der Waals surface area contributed by atoms with Crippen molar-refractivity contribution < 1.29 is 9.18 Å². The number of hydrogen-bond acceptors (Lipinski definition) is 5. The van der Waals surface area contributed by atoms with Crippen molar-refractivity contribution in [1.82, 2.24) is 15.0 Å². The first-order valence-electron chi connectivity index (χ1n) is 8.55. The Morgan fingerprint density at radius 1 is 1.04 bits per heavy atom. The Hall–Kier alpha value is -3.45. The van der Waals surface area contributed by atoms with Crippen LogP contribution in [0.15, 0.2) is 72.4 Å². The Kier molecular flexibility index (Phi) is 5.16. The molecule has 0 bridgehead atoms. The SMILES string of the molecule is O=C(Nc1ccc(-c2ccccn2)cn1)c1csc(Cc2ccc(F)cc2)n1. The van der Waals surface area contributed by atoms with Crippen molar-refractivity contribution in [3.63, 3.8) is 0 Å². The highest BCUT2D eigenvalue weighted by atomic mass is 32.1. The molecule has 1 aromatic carbocycles. The molecule has 0 fully saturated rings. The molecule has 1 N–H and O–H groups in total. The zero-order chi connectivity index (χ0) is 19.3. The Morgan fingerprint density at radius 3 is 2.61 bits per heavy atom. The van der Waals surface area contributed by atoms with Crippen LogP contribution in [-0.2, 0) is 6.42 Å². The monoisotopic (exact) mass is 390 g/mol. The Balaban J connectivity index is 1.41. The van der Waals surface area contributed by atoms with Gasteiger partial charge in [0.25, 0.3) is 5.91 Å². The van der Waals surface area contributed by atoms with Crippen molar-refractivity contribution in [2.45, 2.75) is 6.42 Å². The molecule has 5 nitrogen and oxygen atoms in total. The number of pyridine rings is 2. The van der Waals surface area contributed by atoms with Crippen LogP contribution >= 0.6 is 11.3 Å². The Bertz CT molecular complexity index is 1080. The highest BCUT2D eigenvalue weighted by Crippen LogP contribution is 2.18. The van der Waals surface area contributed by atoms with Crippen LogP contribution in [0.1, 0.15) is 21.1 Å². The van der Waals surface area contributed by atoms with Crippen LogP contribution in [0.4, 0.5) is 10.2 Å². The van der Waals surface area contributed by atoms with Crippen LogP contribution in [0.3, 0.4) is 0 Å². The first-order chi connectivity index (χ1) is 13.7. The number of rotatable bonds is 5. The molecule has 0 saturated heterocycles. The van der Waals surface area contributed by atoms with E-state index < -0.39 is 0 Å². The fraction of sp³-hybridized carbons (Fsp3) is 0.0476. The fourth-order valence-electron chi connectivity index (χ4n) is 2.61. The highest BCUT2D eigenvalue weighted by molar-refractivity contribution is 7.09. The lowest BCUT2D eigenvalue weighted by Gasteiger charge is -2.04. The van der Waals surface area contributed by atoms with Crippen LogP contribution in [0.25, 0.3) is 11.3 Å². The lowest BCUT2D eigenvalue weighted by atomic mass is 10.1. The standard InChI is InChI=1S/C21H15FN4OS/c22-16-7-4-14(5-8-16)11-20-25-18(13-28-20)21(27)26-19-9-6-15(12-24-19)17-3-1-2-10-23-17/h1-10,12-13H,11H2,(H,24,26,27). The molecule has 0 aliphatic rings. The first kappa shape index (κ1) is 17.9. The predicted molar refractivity (Wildman–Crippen MR) is 107 cm³/mol. The van der Waals surface area contributed by atoms with Crippen molar-refractivity contribution in [2.24, 2.45) is 0 Å². The van der Waals surface area contributed by atoms with Crippen LogP contribution < -0.4 is 5.32 Å². The van der Waals surface area contributed by atoms with Crippen molar-refractivity contribution in [1.29, 1.82) is 0 Å². The molecule has 0 spiro atoms. The molecule has 0 saturated carbocycles. The second-order valence-corrected chi connectivity index (χ2v) is 6.97. The zero-order valence-electron chi connectivity index (χ0n) is 14.7. The minimum absolute atomic E-state index is 0.274. The summed E-state index contributed by atoms with van der Waals surface area (Å²) in [6.07, 6.45) is 3.94. The molecule has 7 heteroatoms. The van der Waals surface area contributed by atoms with Crippen LogP contribution in [0.2, 0.25) is 0 Å². The molecule has 3 aromatic heterocycles. The molecule has 0 radical (unpaired) electrons. The van der Waals surface area contributed by atoms with Gasteiger partial charge in [-0.05, 0) is 42.0 Å². The number of amides is 1. The van der Waals surface area contributed by atoms with Crippen molar-refractivity contribution in [2.75, 3.05) is 5.32 Å². The molecule has 4 rings (SSSR count). The van der Waals surface area contributed by atoms with E-state index in [1.54, 1.807) is 36.0 Å². The van der Waals surface area contributed by atoms with Crippen LogP contribution in [0.5, 0.6) is 0 Å². The maximum atomic E-state index is 13.0. The summed E-state index contributed by atoms with van der Waals surface area (Å²) in [5, 5.41) is 5.24. The molecule has 4 aromatic rings. The summed E-state index contributed by atoms with van der Waals surface area (Å²) in [5.41, 5.74) is 2.96. The van der Waals surface area contributed by atoms with Crippen molar-refractivity contribution in [3.05, 3.63) is 94.5 Å². The molecular weight excluding hydrogens is 375 g/mol. The number of nitrogens with one attached hydrogen (secondary N) is 1. The minimum atomic E-state index is -0.320. The molecule has 28 heavy (non-hydrogen) atoms. The van der Waals surface area contributed by atoms with Gasteiger partial charge in [0.05, 0.1) is 10.7 Å². The number of carbonyl (C=O) groups is 1. The summed E-state index contributed by atoms with van der Waals surface area (Å²) in [4.78, 5) is 25.3. The lowest BCUT2D eigenvalue weighted by Crippen LogP contribution is -2.13. The molecule has 0 aliphatic carbocycles. The number of carbonyl (C=O) groups excluding carboxylic acids is 1. The minimum Gasteiger partial charge on any atom is -0.305 e. The van der Waals surface area contributed by atoms with Crippen molar-refractivity contribution >= 4 is 23.1 Å². The summed E-state index contributed by atoms with van der Waals surface area (Å²) in [6.45, 7) is 0. The summed E-state index contributed by atoms with van der Waals surface area (Å²) in [5.74, 6) is -0.151. The molecule has 0 unspecified atom stereocenters. The summed E-state index contributed by atoms with van der Waals surface area (Å²) in [7, 11) is 0. The van der Waals surface area contributed by atoms with Gasteiger partial charge in [-0.15, -0.1) is 11.3 Å². The van der Waals surface area contributed by atoms with Gasteiger partial charge in [0.2, 0.25) is 0 Å². The van der Waals surface area contributed by atoms with Gasteiger partial charge in [0.1, 0.15) is 17.3 Å². The molecule has 0 aliphatic heterocycles. The number of nitrogens with zero attached hydrogens (tertiary/aromatic N) is 3. The van der Waals surface area contributed by atoms with Gasteiger partial charge >= 0.3 is 0 Å². The van der Waals surface area contributed by atoms with Gasteiger partial charge in [-0.2, -0.15) is 0 Å². The van der Waals surface area contributed by atoms with E-state index in [1.165, 1.54) is 23.5 Å². The zero-order valence-corrected chi connectivity index (χ0v) is 15.5. The van der Waals surface area contributed by atoms with E-state index >= 15 is 0 Å². The Labute approximate surface area is 165 Å². The average Bonchev–Trinajstić information content (AvgIpc) is 3.20. The van der Waals surface area contributed by atoms with E-state index in [0.29, 0.717) is 17.9 Å². The average molecular weight is 390 g/mol. The highest BCUT2D eigenvalue weighted by Gasteiger charge is 2.12. The summed E-state index contributed by atoms with van der Waals surface area (Å²) in [6, 6.07) is 15.5. The van der Waals surface area contributed by atoms with Gasteiger partial charge in [-0.1, -0.05) is 18.2 Å². The number of halogens is 1. The van der Waals surface area contributed by atoms with Crippen LogP contribution in [0, 0.1) is 5.82 Å². The third kappa shape index (κ3) is 4.27. The normalized spacial score (nSPS) is 10.6. The fourth-order valence-corrected chi connectivity index (χ4v) is 3.41. The maximum absolute atomic E-state index is 13.0. The maximum Gasteiger partial charge on any atom is 0.276 e. The number of aromatic nitrogens is 3. The van der Waals surface area contributed by atoms with Gasteiger partial charge in [-0.25, -0.2) is 14.4 Å². The van der Waals surface area contributed by atoms with E-state index in [9.17, 15) is 9.18 Å². The van der Waals surface area contributed by atoms with Crippen LogP contribution in [-0.4, -0.2) is 20.9 Å². The first-order valence-corrected chi connectivity index (χ1v) is 9.43. The third-order valence-corrected chi connectivity index (χ3v) is 4.87. The molecule has 138 valence electrons. The second kappa shape index (κ2) is 8.06. The van der Waals surface area contributed by atoms with E-state index in [-0.39, 0.29) is 11.7 Å². The predicted octanol–water partition coefficient (Wildman–Crippen LogP) is 4.58. The largest absolute Gasteiger partial charge is 0.305 e. The summed E-state index contributed by atoms with van der Waals surface area (Å²) >= 11 is 1.39. The number of benzene rings is 1. The molecule has 1 amide bonds. The smallest absolute Gasteiger partial charge is 0.276 e. The van der Waals surface area contributed by atoms with Gasteiger partial charge in [0.15, 0.2) is 0 Å². The van der Waals surface area contributed by atoms with Gasteiger partial charge in [0, 0.05) is 29.8 Å². The van der Waals surface area contributed by atoms with E-state index in [0.717, 1.165) is 21.8 Å². The topological polar surface area (TPSA) is 67.8 Å². The number of thiazole rings is 1. The number of hydrogen-bond donors (Lipinski definition) is 1. The second-order valence-electron chi connectivity index (χ2n) is 6.03. The summed E-state index contributed by atoms with van der Waals surface area (Å²) < 4.78 is 13.0. The van der Waals surface area contributed by atoms with E-state index in [2.05, 4.69) is 20.3 Å². The number of anilines is 1. The van der Waals surface area contributed by atoms with Gasteiger partial charge < -0.3 is 5.32 Å². The lowest BCUT2D eigenvalue weighted by molar-refractivity contribution is 0.102. The molecular formula is C21H15FN4OS. The van der Waals surface area contributed by atoms with Crippen molar-refractivity contribution in [3.8, 4) is 11.3 Å². The van der Waals surface area contributed by atoms with Gasteiger partial charge in [-0.3, -0.25) is 9.78 Å². The molecule has 3 heterocycles. The van der Waals surface area contributed by atoms with E-state index in [4.69, 9.17) is 0 Å². The third-order valence-electron chi connectivity index (χ3n) is 4.02.